The third-order valence-electron chi connectivity index (χ3n) is 2.96. The van der Waals surface area contributed by atoms with Crippen LogP contribution in [0, 0.1) is 0 Å². The molecule has 0 unspecified atom stereocenters. The molecule has 0 heterocycles. The molecule has 0 aliphatic heterocycles. The Balaban J connectivity index is 2.07. The molecule has 128 valence electrons. The van der Waals surface area contributed by atoms with Gasteiger partial charge in [-0.05, 0) is 18.2 Å². The third kappa shape index (κ3) is 5.38. The van der Waals surface area contributed by atoms with E-state index in [1.807, 2.05) is 0 Å². The summed E-state index contributed by atoms with van der Waals surface area (Å²) in [6.45, 7) is -0.0605. The highest BCUT2D eigenvalue weighted by atomic mass is 19.4. The molecule has 0 fully saturated rings. The number of para-hydroxylation sites is 1. The lowest BCUT2D eigenvalue weighted by molar-refractivity contribution is -0.274. The molecule has 24 heavy (non-hydrogen) atoms. The van der Waals surface area contributed by atoms with E-state index >= 15 is 0 Å². The minimum absolute atomic E-state index is 0.0602. The average Bonchev–Trinajstić information content (AvgIpc) is 2.53. The summed E-state index contributed by atoms with van der Waals surface area (Å²) in [7, 11) is 1.54. The summed E-state index contributed by atoms with van der Waals surface area (Å²) in [5.74, 6) is 0.393. The molecule has 0 aliphatic rings. The first-order valence-corrected chi connectivity index (χ1v) is 6.92. The van der Waals surface area contributed by atoms with Crippen LogP contribution in [0.25, 0.3) is 0 Å². The van der Waals surface area contributed by atoms with Crippen LogP contribution in [0.5, 0.6) is 11.5 Å². The molecular formula is C16H16F3N3O2. The Morgan fingerprint density at radius 1 is 1.17 bits per heavy atom. The van der Waals surface area contributed by atoms with Crippen molar-refractivity contribution in [3.8, 4) is 11.5 Å². The zero-order valence-corrected chi connectivity index (χ0v) is 12.8. The standard InChI is InChI=1S/C16H16F3N3O2/c1-23-13-7-4-6-12(9-13)22-15(20)21-10-11-5-2-3-8-14(11)24-16(17,18)19/h2-9H,10H2,1H3,(H3,20,21,22). The van der Waals surface area contributed by atoms with Crippen molar-refractivity contribution in [2.45, 2.75) is 12.9 Å². The Morgan fingerprint density at radius 2 is 1.92 bits per heavy atom. The van der Waals surface area contributed by atoms with Crippen LogP contribution in [0.4, 0.5) is 18.9 Å². The van der Waals surface area contributed by atoms with Gasteiger partial charge in [-0.1, -0.05) is 24.3 Å². The minimum Gasteiger partial charge on any atom is -0.497 e. The number of nitrogens with zero attached hydrogens (tertiary/aromatic N) is 1. The normalized spacial score (nSPS) is 11.9. The number of hydrogen-bond acceptors (Lipinski definition) is 3. The molecule has 0 radical (unpaired) electrons. The Morgan fingerprint density at radius 3 is 2.62 bits per heavy atom. The molecular weight excluding hydrogens is 323 g/mol. The van der Waals surface area contributed by atoms with E-state index < -0.39 is 6.36 Å². The Kier molecular flexibility index (Phi) is 5.51. The quantitative estimate of drug-likeness (QED) is 0.646. The predicted octanol–water partition coefficient (Wildman–Crippen LogP) is 3.52. The van der Waals surface area contributed by atoms with E-state index in [0.717, 1.165) is 0 Å². The fourth-order valence-electron chi connectivity index (χ4n) is 1.92. The van der Waals surface area contributed by atoms with Crippen LogP contribution >= 0.6 is 0 Å². The van der Waals surface area contributed by atoms with Gasteiger partial charge >= 0.3 is 6.36 Å². The van der Waals surface area contributed by atoms with Gasteiger partial charge in [0.15, 0.2) is 5.96 Å². The van der Waals surface area contributed by atoms with E-state index in [1.165, 1.54) is 25.3 Å². The number of anilines is 1. The molecule has 2 rings (SSSR count). The maximum Gasteiger partial charge on any atom is 0.573 e. The number of benzene rings is 2. The minimum atomic E-state index is -4.76. The van der Waals surface area contributed by atoms with Crippen LogP contribution in [-0.2, 0) is 6.54 Å². The molecule has 2 aromatic rings. The number of rotatable bonds is 5. The zero-order valence-electron chi connectivity index (χ0n) is 12.8. The first-order valence-electron chi connectivity index (χ1n) is 6.92. The summed E-state index contributed by atoms with van der Waals surface area (Å²) in [4.78, 5) is 4.03. The maximum absolute atomic E-state index is 12.4. The number of halogens is 3. The Hall–Kier alpha value is -2.90. The summed E-state index contributed by atoms with van der Waals surface area (Å²) < 4.78 is 46.2. The molecule has 0 saturated heterocycles. The average molecular weight is 339 g/mol. The molecule has 3 N–H and O–H groups in total. The fourth-order valence-corrected chi connectivity index (χ4v) is 1.92. The predicted molar refractivity (Wildman–Crippen MR) is 85.1 cm³/mol. The molecule has 0 amide bonds. The second-order valence-electron chi connectivity index (χ2n) is 4.71. The second-order valence-corrected chi connectivity index (χ2v) is 4.71. The van der Waals surface area contributed by atoms with Crippen molar-refractivity contribution in [1.29, 1.82) is 0 Å². The SMILES string of the molecule is COc1cccc(NC(N)=NCc2ccccc2OC(F)(F)F)c1. The first kappa shape index (κ1) is 17.5. The molecule has 0 spiro atoms. The van der Waals surface area contributed by atoms with Gasteiger partial charge in [0.2, 0.25) is 0 Å². The second kappa shape index (κ2) is 7.58. The van der Waals surface area contributed by atoms with E-state index in [-0.39, 0.29) is 23.8 Å². The maximum atomic E-state index is 12.4. The van der Waals surface area contributed by atoms with Crippen molar-refractivity contribution in [2.75, 3.05) is 12.4 Å². The van der Waals surface area contributed by atoms with Gasteiger partial charge in [-0.15, -0.1) is 13.2 Å². The van der Waals surface area contributed by atoms with Crippen molar-refractivity contribution in [2.24, 2.45) is 10.7 Å². The van der Waals surface area contributed by atoms with Crippen LogP contribution in [0.2, 0.25) is 0 Å². The summed E-state index contributed by atoms with van der Waals surface area (Å²) >= 11 is 0. The van der Waals surface area contributed by atoms with Crippen LogP contribution in [0.3, 0.4) is 0 Å². The first-order chi connectivity index (χ1) is 11.4. The highest BCUT2D eigenvalue weighted by Crippen LogP contribution is 2.26. The summed E-state index contributed by atoms with van der Waals surface area (Å²) in [5.41, 5.74) is 6.67. The number of aliphatic imine (C=N–C) groups is 1. The van der Waals surface area contributed by atoms with Gasteiger partial charge in [0, 0.05) is 17.3 Å². The Bertz CT molecular complexity index is 718. The van der Waals surface area contributed by atoms with Crippen LogP contribution in [0.15, 0.2) is 53.5 Å². The number of alkyl halides is 3. The number of nitrogens with one attached hydrogen (secondary N) is 1. The topological polar surface area (TPSA) is 68.9 Å². The van der Waals surface area contributed by atoms with E-state index in [0.29, 0.717) is 11.4 Å². The third-order valence-corrected chi connectivity index (χ3v) is 2.96. The van der Waals surface area contributed by atoms with Gasteiger partial charge in [0.25, 0.3) is 0 Å². The van der Waals surface area contributed by atoms with Crippen molar-refractivity contribution in [3.63, 3.8) is 0 Å². The molecule has 0 saturated carbocycles. The lowest BCUT2D eigenvalue weighted by Crippen LogP contribution is -2.22. The van der Waals surface area contributed by atoms with E-state index in [1.54, 1.807) is 30.3 Å². The summed E-state index contributed by atoms with van der Waals surface area (Å²) in [6.07, 6.45) is -4.76. The molecule has 8 heteroatoms. The zero-order chi connectivity index (χ0) is 17.6. The lowest BCUT2D eigenvalue weighted by atomic mass is 10.2. The fraction of sp³-hybridized carbons (Fsp3) is 0.188. The van der Waals surface area contributed by atoms with Gasteiger partial charge in [-0.25, -0.2) is 4.99 Å². The number of ether oxygens (including phenoxy) is 2. The number of nitrogens with two attached hydrogens (primary N) is 1. The summed E-state index contributed by atoms with van der Waals surface area (Å²) in [5, 5.41) is 2.84. The highest BCUT2D eigenvalue weighted by Gasteiger charge is 2.31. The van der Waals surface area contributed by atoms with Gasteiger partial charge in [-0.2, -0.15) is 0 Å². The smallest absolute Gasteiger partial charge is 0.497 e. The van der Waals surface area contributed by atoms with Crippen molar-refractivity contribution < 1.29 is 22.6 Å². The largest absolute Gasteiger partial charge is 0.573 e. The highest BCUT2D eigenvalue weighted by molar-refractivity contribution is 5.92. The molecule has 0 aromatic heterocycles. The van der Waals surface area contributed by atoms with Gasteiger partial charge in [0.1, 0.15) is 11.5 Å². The molecule has 2 aromatic carbocycles. The van der Waals surface area contributed by atoms with Gasteiger partial charge < -0.3 is 20.5 Å². The van der Waals surface area contributed by atoms with Crippen molar-refractivity contribution in [1.82, 2.24) is 0 Å². The van der Waals surface area contributed by atoms with Crippen molar-refractivity contribution in [3.05, 3.63) is 54.1 Å². The number of methoxy groups -OCH3 is 1. The Labute approximate surface area is 136 Å². The van der Waals surface area contributed by atoms with E-state index in [2.05, 4.69) is 15.0 Å². The van der Waals surface area contributed by atoms with Crippen molar-refractivity contribution >= 4 is 11.6 Å². The molecule has 0 bridgehead atoms. The molecule has 0 aliphatic carbocycles. The van der Waals surface area contributed by atoms with Crippen LogP contribution < -0.4 is 20.5 Å². The summed E-state index contributed by atoms with van der Waals surface area (Å²) in [6, 6.07) is 12.8. The van der Waals surface area contributed by atoms with Crippen LogP contribution in [0.1, 0.15) is 5.56 Å². The number of hydrogen-bond donors (Lipinski definition) is 2. The lowest BCUT2D eigenvalue weighted by Gasteiger charge is -2.12. The van der Waals surface area contributed by atoms with Crippen LogP contribution in [-0.4, -0.2) is 19.4 Å². The van der Waals surface area contributed by atoms with Gasteiger partial charge in [-0.3, -0.25) is 0 Å². The molecule has 5 nitrogen and oxygen atoms in total. The van der Waals surface area contributed by atoms with E-state index in [9.17, 15) is 13.2 Å². The number of guanidine groups is 1. The molecule has 0 atom stereocenters. The van der Waals surface area contributed by atoms with Gasteiger partial charge in [0.05, 0.1) is 13.7 Å². The monoisotopic (exact) mass is 339 g/mol. The van der Waals surface area contributed by atoms with E-state index in [4.69, 9.17) is 10.5 Å².